The summed E-state index contributed by atoms with van der Waals surface area (Å²) in [5, 5.41) is 7.36. The third kappa shape index (κ3) is 4.68. The summed E-state index contributed by atoms with van der Waals surface area (Å²) in [6.07, 6.45) is 3.42. The van der Waals surface area contributed by atoms with Crippen molar-refractivity contribution in [1.82, 2.24) is 15.1 Å². The zero-order valence-electron chi connectivity index (χ0n) is 15.0. The van der Waals surface area contributed by atoms with Crippen LogP contribution in [0.3, 0.4) is 0 Å². The molecule has 1 N–H and O–H groups in total. The van der Waals surface area contributed by atoms with Crippen molar-refractivity contribution < 1.29 is 9.53 Å². The number of aromatic nitrogens is 2. The summed E-state index contributed by atoms with van der Waals surface area (Å²) in [7, 11) is 0. The van der Waals surface area contributed by atoms with Crippen LogP contribution in [-0.4, -0.2) is 34.9 Å². The monoisotopic (exact) mass is 329 g/mol. The second-order valence-corrected chi connectivity index (χ2v) is 6.13. The van der Waals surface area contributed by atoms with Gasteiger partial charge in [0.1, 0.15) is 0 Å². The van der Waals surface area contributed by atoms with Gasteiger partial charge >= 0.3 is 0 Å². The number of rotatable bonds is 8. The highest BCUT2D eigenvalue weighted by Gasteiger charge is 2.16. The van der Waals surface area contributed by atoms with Crippen molar-refractivity contribution in [1.29, 1.82) is 0 Å². The second-order valence-electron chi connectivity index (χ2n) is 6.13. The number of carbonyl (C=O) groups excluding carboxylic acids is 1. The number of aryl methyl sites for hydroxylation is 1. The fourth-order valence-electron chi connectivity index (χ4n) is 2.50. The highest BCUT2D eigenvalue weighted by molar-refractivity contribution is 5.95. The average molecular weight is 329 g/mol. The molecule has 1 aromatic carbocycles. The van der Waals surface area contributed by atoms with Crippen molar-refractivity contribution in [2.45, 2.75) is 46.6 Å². The van der Waals surface area contributed by atoms with Crippen LogP contribution < -0.4 is 5.32 Å². The summed E-state index contributed by atoms with van der Waals surface area (Å²) in [5.41, 5.74) is 3.74. The van der Waals surface area contributed by atoms with Gasteiger partial charge in [-0.25, -0.2) is 4.68 Å². The van der Waals surface area contributed by atoms with Gasteiger partial charge in [-0.1, -0.05) is 24.6 Å². The summed E-state index contributed by atoms with van der Waals surface area (Å²) in [5.74, 6) is -0.0743. The average Bonchev–Trinajstić information content (AvgIpc) is 2.98. The number of benzene rings is 1. The van der Waals surface area contributed by atoms with E-state index in [1.165, 1.54) is 5.56 Å². The van der Waals surface area contributed by atoms with Gasteiger partial charge in [-0.15, -0.1) is 0 Å². The van der Waals surface area contributed by atoms with Crippen LogP contribution in [0.25, 0.3) is 5.69 Å². The summed E-state index contributed by atoms with van der Waals surface area (Å²) >= 11 is 0. The Balaban J connectivity index is 2.03. The standard InChI is InChI=1S/C19H27N3O2/c1-5-18-17(19(23)20-11-6-12-24-14(2)3)13-21-22(18)16-9-7-15(4)8-10-16/h7-10,13-14H,5-6,11-12H2,1-4H3,(H,20,23). The number of nitrogens with zero attached hydrogens (tertiary/aromatic N) is 2. The predicted octanol–water partition coefficient (Wildman–Crippen LogP) is 3.29. The van der Waals surface area contributed by atoms with E-state index in [1.807, 2.05) is 49.7 Å². The maximum atomic E-state index is 12.4. The van der Waals surface area contributed by atoms with Gasteiger partial charge in [0, 0.05) is 13.2 Å². The predicted molar refractivity (Wildman–Crippen MR) is 95.7 cm³/mol. The van der Waals surface area contributed by atoms with Crippen molar-refractivity contribution in [3.8, 4) is 5.69 Å². The van der Waals surface area contributed by atoms with Crippen LogP contribution in [0.15, 0.2) is 30.5 Å². The highest BCUT2D eigenvalue weighted by Crippen LogP contribution is 2.16. The number of hydrogen-bond donors (Lipinski definition) is 1. The number of carbonyl (C=O) groups is 1. The Morgan fingerprint density at radius 3 is 2.62 bits per heavy atom. The molecule has 0 fully saturated rings. The molecular weight excluding hydrogens is 302 g/mol. The van der Waals surface area contributed by atoms with Gasteiger partial charge in [0.05, 0.1) is 29.2 Å². The molecule has 0 aliphatic carbocycles. The van der Waals surface area contributed by atoms with E-state index in [0.29, 0.717) is 18.7 Å². The van der Waals surface area contributed by atoms with Crippen LogP contribution in [0.1, 0.15) is 48.8 Å². The van der Waals surface area contributed by atoms with Crippen LogP contribution in [0.4, 0.5) is 0 Å². The fraction of sp³-hybridized carbons (Fsp3) is 0.474. The van der Waals surface area contributed by atoms with Crippen molar-refractivity contribution in [3.05, 3.63) is 47.3 Å². The van der Waals surface area contributed by atoms with Gasteiger partial charge in [0.15, 0.2) is 0 Å². The lowest BCUT2D eigenvalue weighted by Crippen LogP contribution is -2.26. The molecule has 1 aromatic heterocycles. The van der Waals surface area contributed by atoms with Crippen LogP contribution in [-0.2, 0) is 11.2 Å². The Hall–Kier alpha value is -2.14. The molecule has 5 nitrogen and oxygen atoms in total. The molecule has 0 atom stereocenters. The summed E-state index contributed by atoms with van der Waals surface area (Å²) < 4.78 is 7.32. The Bertz CT molecular complexity index is 660. The van der Waals surface area contributed by atoms with Gasteiger partial charge in [-0.05, 0) is 45.7 Å². The Morgan fingerprint density at radius 1 is 1.29 bits per heavy atom. The number of hydrogen-bond acceptors (Lipinski definition) is 3. The van der Waals surface area contributed by atoms with Gasteiger partial charge in [-0.2, -0.15) is 5.10 Å². The fourth-order valence-corrected chi connectivity index (χ4v) is 2.50. The maximum absolute atomic E-state index is 12.4. The summed E-state index contributed by atoms with van der Waals surface area (Å²) in [6.45, 7) is 9.35. The molecule has 2 rings (SSSR count). The second kappa shape index (κ2) is 8.64. The molecule has 5 heteroatoms. The molecule has 24 heavy (non-hydrogen) atoms. The van der Waals surface area contributed by atoms with E-state index in [-0.39, 0.29) is 12.0 Å². The van der Waals surface area contributed by atoms with E-state index in [2.05, 4.69) is 17.3 Å². The molecule has 1 heterocycles. The largest absolute Gasteiger partial charge is 0.379 e. The molecule has 0 saturated heterocycles. The zero-order chi connectivity index (χ0) is 17.5. The van der Waals surface area contributed by atoms with E-state index >= 15 is 0 Å². The molecule has 0 saturated carbocycles. The minimum Gasteiger partial charge on any atom is -0.379 e. The first-order chi connectivity index (χ1) is 11.5. The van der Waals surface area contributed by atoms with E-state index in [9.17, 15) is 4.79 Å². The lowest BCUT2D eigenvalue weighted by atomic mass is 10.1. The van der Waals surface area contributed by atoms with Gasteiger partial charge < -0.3 is 10.1 Å². The van der Waals surface area contributed by atoms with Gasteiger partial charge in [-0.3, -0.25) is 4.79 Å². The molecule has 0 unspecified atom stereocenters. The molecule has 130 valence electrons. The Morgan fingerprint density at radius 2 is 2.00 bits per heavy atom. The minimum atomic E-state index is -0.0743. The van der Waals surface area contributed by atoms with Crippen LogP contribution in [0.2, 0.25) is 0 Å². The topological polar surface area (TPSA) is 56.1 Å². The van der Waals surface area contributed by atoms with Gasteiger partial charge in [0.2, 0.25) is 0 Å². The molecule has 0 aliphatic heterocycles. The molecule has 0 radical (unpaired) electrons. The van der Waals surface area contributed by atoms with Gasteiger partial charge in [0.25, 0.3) is 5.91 Å². The zero-order valence-corrected chi connectivity index (χ0v) is 15.0. The summed E-state index contributed by atoms with van der Waals surface area (Å²) in [6, 6.07) is 8.13. The van der Waals surface area contributed by atoms with Crippen LogP contribution in [0, 0.1) is 6.92 Å². The molecule has 0 spiro atoms. The third-order valence-electron chi connectivity index (χ3n) is 3.78. The lowest BCUT2D eigenvalue weighted by Gasteiger charge is -2.10. The van der Waals surface area contributed by atoms with Crippen LogP contribution in [0.5, 0.6) is 0 Å². The van der Waals surface area contributed by atoms with Crippen molar-refractivity contribution in [2.24, 2.45) is 0 Å². The van der Waals surface area contributed by atoms with Crippen LogP contribution >= 0.6 is 0 Å². The quantitative estimate of drug-likeness (QED) is 0.756. The smallest absolute Gasteiger partial charge is 0.254 e. The molecular formula is C19H27N3O2. The number of nitrogens with one attached hydrogen (secondary N) is 1. The van der Waals surface area contributed by atoms with Crippen molar-refractivity contribution >= 4 is 5.91 Å². The molecule has 1 amide bonds. The minimum absolute atomic E-state index is 0.0743. The van der Waals surface area contributed by atoms with E-state index < -0.39 is 0 Å². The van der Waals surface area contributed by atoms with E-state index in [0.717, 1.165) is 24.2 Å². The highest BCUT2D eigenvalue weighted by atomic mass is 16.5. The first kappa shape index (κ1) is 18.2. The molecule has 0 bridgehead atoms. The van der Waals surface area contributed by atoms with E-state index in [4.69, 9.17) is 4.74 Å². The normalized spacial score (nSPS) is 11.0. The van der Waals surface area contributed by atoms with Crippen molar-refractivity contribution in [2.75, 3.05) is 13.2 Å². The van der Waals surface area contributed by atoms with Crippen molar-refractivity contribution in [3.63, 3.8) is 0 Å². The number of ether oxygens (including phenoxy) is 1. The first-order valence-corrected chi connectivity index (χ1v) is 8.56. The molecule has 0 aliphatic rings. The first-order valence-electron chi connectivity index (χ1n) is 8.56. The maximum Gasteiger partial charge on any atom is 0.254 e. The molecule has 2 aromatic rings. The lowest BCUT2D eigenvalue weighted by molar-refractivity contribution is 0.0757. The Kier molecular flexibility index (Phi) is 6.55. The summed E-state index contributed by atoms with van der Waals surface area (Å²) in [4.78, 5) is 12.4. The van der Waals surface area contributed by atoms with E-state index in [1.54, 1.807) is 6.20 Å². The third-order valence-corrected chi connectivity index (χ3v) is 3.78. The SMILES string of the molecule is CCc1c(C(=O)NCCCOC(C)C)cnn1-c1ccc(C)cc1. The Labute approximate surface area is 144 Å². The number of amides is 1.